The van der Waals surface area contributed by atoms with Gasteiger partial charge in [-0.25, -0.2) is 10.1 Å². The molecule has 5 nitrogen and oxygen atoms in total. The monoisotopic (exact) mass is 401 g/mol. The molecule has 1 atom stereocenters. The van der Waals surface area contributed by atoms with Gasteiger partial charge in [0.25, 0.3) is 0 Å². The summed E-state index contributed by atoms with van der Waals surface area (Å²) in [5, 5.41) is 0. The zero-order chi connectivity index (χ0) is 18.7. The maximum absolute atomic E-state index is 11.0. The Morgan fingerprint density at radius 2 is 1.42 bits per heavy atom. The summed E-state index contributed by atoms with van der Waals surface area (Å²) in [5.74, 6) is 4.57. The fourth-order valence-electron chi connectivity index (χ4n) is 1.97. The highest BCUT2D eigenvalue weighted by Gasteiger charge is 2.22. The van der Waals surface area contributed by atoms with Crippen molar-refractivity contribution >= 4 is 31.3 Å². The molecule has 0 saturated carbocycles. The molecule has 0 radical (unpaired) electrons. The van der Waals surface area contributed by atoms with Gasteiger partial charge >= 0.3 is 7.75 Å². The zero-order valence-corrected chi connectivity index (χ0v) is 18.4. The Morgan fingerprint density at radius 3 is 1.83 bits per heavy atom. The summed E-state index contributed by atoms with van der Waals surface area (Å²) in [6, 6.07) is 0. The molecule has 0 amide bonds. The molecule has 0 fully saturated rings. The van der Waals surface area contributed by atoms with E-state index < -0.39 is 7.75 Å². The first-order valence-electron chi connectivity index (χ1n) is 8.38. The van der Waals surface area contributed by atoms with E-state index in [0.29, 0.717) is 0 Å². The second-order valence-corrected chi connectivity index (χ2v) is 11.5. The average molecular weight is 402 g/mol. The van der Waals surface area contributed by atoms with Crippen molar-refractivity contribution in [1.29, 1.82) is 0 Å². The number of ether oxygens (including phenoxy) is 1. The highest BCUT2D eigenvalue weighted by Crippen LogP contribution is 2.35. The van der Waals surface area contributed by atoms with E-state index in [-0.39, 0.29) is 17.4 Å². The Labute approximate surface area is 156 Å². The topological polar surface area (TPSA) is 81.8 Å². The van der Waals surface area contributed by atoms with Gasteiger partial charge in [-0.05, 0) is 53.1 Å². The first-order valence-corrected chi connectivity index (χ1v) is 12.3. The summed E-state index contributed by atoms with van der Waals surface area (Å²) in [6.45, 7) is 9.59. The Balaban J connectivity index is 3.55. The van der Waals surface area contributed by atoms with Gasteiger partial charge in [-0.15, -0.1) is 0 Å². The summed E-state index contributed by atoms with van der Waals surface area (Å²) in [6.07, 6.45) is 3.34. The SMILES string of the molecule is COCC(C)(C)CCSCCCSCCC(C)(C)COP(N)(=O)O. The fourth-order valence-corrected chi connectivity index (χ4v) is 5.18. The Kier molecular flexibility index (Phi) is 12.6. The molecular formula is C16H36NO4PS2. The third-order valence-electron chi connectivity index (χ3n) is 3.60. The first kappa shape index (κ1) is 24.8. The normalized spacial score (nSPS) is 15.5. The van der Waals surface area contributed by atoms with Crippen molar-refractivity contribution < 1.29 is 18.7 Å². The second kappa shape index (κ2) is 12.2. The Hall–Kier alpha value is 0.770. The van der Waals surface area contributed by atoms with Crippen molar-refractivity contribution in [1.82, 2.24) is 0 Å². The predicted molar refractivity (Wildman–Crippen MR) is 108 cm³/mol. The average Bonchev–Trinajstić information content (AvgIpc) is 2.42. The van der Waals surface area contributed by atoms with E-state index in [4.69, 9.17) is 19.7 Å². The number of methoxy groups -OCH3 is 1. The molecule has 24 heavy (non-hydrogen) atoms. The van der Waals surface area contributed by atoms with Gasteiger partial charge in [0, 0.05) is 7.11 Å². The second-order valence-electron chi connectivity index (χ2n) is 7.68. The first-order chi connectivity index (χ1) is 11.0. The van der Waals surface area contributed by atoms with Crippen LogP contribution in [0.5, 0.6) is 0 Å². The largest absolute Gasteiger partial charge is 0.400 e. The van der Waals surface area contributed by atoms with E-state index in [1.54, 1.807) is 7.11 Å². The van der Waals surface area contributed by atoms with Crippen LogP contribution in [0.3, 0.4) is 0 Å². The van der Waals surface area contributed by atoms with Crippen LogP contribution in [0.2, 0.25) is 0 Å². The molecular weight excluding hydrogens is 365 g/mol. The number of rotatable bonds is 15. The molecule has 0 saturated heterocycles. The minimum atomic E-state index is -3.86. The summed E-state index contributed by atoms with van der Waals surface area (Å²) in [4.78, 5) is 8.97. The third kappa shape index (κ3) is 16.2. The molecule has 0 heterocycles. The van der Waals surface area contributed by atoms with E-state index in [0.717, 1.165) is 24.5 Å². The lowest BCUT2D eigenvalue weighted by Gasteiger charge is -2.24. The molecule has 0 bridgehead atoms. The van der Waals surface area contributed by atoms with Gasteiger partial charge in [-0.3, -0.25) is 4.52 Å². The maximum atomic E-state index is 11.0. The van der Waals surface area contributed by atoms with E-state index in [2.05, 4.69) is 13.8 Å². The van der Waals surface area contributed by atoms with Crippen molar-refractivity contribution in [2.75, 3.05) is 43.3 Å². The van der Waals surface area contributed by atoms with Crippen LogP contribution >= 0.6 is 31.3 Å². The van der Waals surface area contributed by atoms with Crippen LogP contribution in [-0.4, -0.2) is 48.2 Å². The summed E-state index contributed by atoms with van der Waals surface area (Å²) >= 11 is 3.95. The minimum absolute atomic E-state index is 0.132. The van der Waals surface area contributed by atoms with Gasteiger partial charge in [0.1, 0.15) is 0 Å². The maximum Gasteiger partial charge on any atom is 0.400 e. The van der Waals surface area contributed by atoms with Gasteiger partial charge in [0.05, 0.1) is 13.2 Å². The molecule has 1 unspecified atom stereocenters. The van der Waals surface area contributed by atoms with Crippen LogP contribution in [0, 0.1) is 10.8 Å². The Bertz CT molecular complexity index is 375. The predicted octanol–water partition coefficient (Wildman–Crippen LogP) is 4.40. The van der Waals surface area contributed by atoms with Crippen molar-refractivity contribution in [3.05, 3.63) is 0 Å². The van der Waals surface area contributed by atoms with Crippen LogP contribution in [0.1, 0.15) is 47.0 Å². The van der Waals surface area contributed by atoms with Gasteiger partial charge in [0.15, 0.2) is 0 Å². The Morgan fingerprint density at radius 1 is 0.958 bits per heavy atom. The van der Waals surface area contributed by atoms with Crippen LogP contribution < -0.4 is 5.50 Å². The molecule has 0 aromatic heterocycles. The van der Waals surface area contributed by atoms with Crippen LogP contribution in [0.15, 0.2) is 0 Å². The van der Waals surface area contributed by atoms with Crippen molar-refractivity contribution in [2.24, 2.45) is 16.3 Å². The molecule has 146 valence electrons. The van der Waals surface area contributed by atoms with Crippen molar-refractivity contribution in [2.45, 2.75) is 47.0 Å². The van der Waals surface area contributed by atoms with Crippen molar-refractivity contribution in [3.63, 3.8) is 0 Å². The van der Waals surface area contributed by atoms with Crippen LogP contribution in [0.25, 0.3) is 0 Å². The van der Waals surface area contributed by atoms with Gasteiger partial charge < -0.3 is 9.63 Å². The molecule has 0 aliphatic rings. The lowest BCUT2D eigenvalue weighted by Crippen LogP contribution is -2.20. The van der Waals surface area contributed by atoms with Gasteiger partial charge in [-0.2, -0.15) is 23.5 Å². The smallest absolute Gasteiger partial charge is 0.384 e. The standard InChI is InChI=1S/C16H36NO4PS2/c1-15(2,13-20-5)7-11-23-9-6-10-24-12-8-16(3,4)14-21-22(17,18)19/h6-14H2,1-5H3,(H3,17,18,19). The lowest BCUT2D eigenvalue weighted by molar-refractivity contribution is 0.103. The highest BCUT2D eigenvalue weighted by molar-refractivity contribution is 8.00. The number of nitrogens with two attached hydrogens (primary N) is 1. The molecule has 0 rings (SSSR count). The summed E-state index contributed by atoms with van der Waals surface area (Å²) < 4.78 is 21.0. The number of hydrogen-bond acceptors (Lipinski definition) is 5. The van der Waals surface area contributed by atoms with E-state index in [9.17, 15) is 4.57 Å². The quantitative estimate of drug-likeness (QED) is 0.311. The fraction of sp³-hybridized carbons (Fsp3) is 1.00. The molecule has 3 N–H and O–H groups in total. The summed E-state index contributed by atoms with van der Waals surface area (Å²) in [7, 11) is -2.09. The van der Waals surface area contributed by atoms with E-state index in [1.165, 1.54) is 24.3 Å². The lowest BCUT2D eigenvalue weighted by atomic mass is 9.92. The molecule has 0 aliphatic heterocycles. The highest BCUT2D eigenvalue weighted by atomic mass is 32.2. The van der Waals surface area contributed by atoms with E-state index in [1.807, 2.05) is 37.4 Å². The minimum Gasteiger partial charge on any atom is -0.384 e. The number of hydrogen-bond donors (Lipinski definition) is 2. The molecule has 0 spiro atoms. The van der Waals surface area contributed by atoms with Crippen LogP contribution in [-0.2, 0) is 13.8 Å². The van der Waals surface area contributed by atoms with Crippen LogP contribution in [0.4, 0.5) is 0 Å². The van der Waals surface area contributed by atoms with Gasteiger partial charge in [0.2, 0.25) is 0 Å². The molecule has 0 aliphatic carbocycles. The van der Waals surface area contributed by atoms with Crippen molar-refractivity contribution in [3.8, 4) is 0 Å². The molecule has 0 aromatic rings. The molecule has 0 aromatic carbocycles. The number of thioether (sulfide) groups is 2. The van der Waals surface area contributed by atoms with Gasteiger partial charge in [-0.1, -0.05) is 27.7 Å². The zero-order valence-electron chi connectivity index (χ0n) is 15.9. The van der Waals surface area contributed by atoms with E-state index >= 15 is 0 Å². The summed E-state index contributed by atoms with van der Waals surface area (Å²) in [5.41, 5.74) is 5.13. The third-order valence-corrected chi connectivity index (χ3v) is 6.24. The molecule has 8 heteroatoms.